The Balaban J connectivity index is 2.13. The molecule has 0 saturated heterocycles. The minimum absolute atomic E-state index is 0.0234. The van der Waals surface area contributed by atoms with Crippen molar-refractivity contribution in [2.24, 2.45) is 10.2 Å². The van der Waals surface area contributed by atoms with Crippen molar-refractivity contribution < 1.29 is 13.6 Å². The first-order valence-corrected chi connectivity index (χ1v) is 7.57. The number of ketones is 1. The maximum Gasteiger partial charge on any atom is 0.208 e. The Bertz CT molecular complexity index is 794. The summed E-state index contributed by atoms with van der Waals surface area (Å²) in [5.41, 5.74) is 0.928. The van der Waals surface area contributed by atoms with Crippen molar-refractivity contribution in [2.45, 2.75) is 20.3 Å². The minimum atomic E-state index is -0.637. The summed E-state index contributed by atoms with van der Waals surface area (Å²) in [5.74, 6) is -1.56. The Hall–Kier alpha value is -2.40. The second kappa shape index (κ2) is 7.93. The van der Waals surface area contributed by atoms with Crippen LogP contribution in [-0.2, 0) is 6.42 Å². The van der Waals surface area contributed by atoms with Crippen molar-refractivity contribution in [3.63, 3.8) is 0 Å². The molecule has 3 nitrogen and oxygen atoms in total. The summed E-state index contributed by atoms with van der Waals surface area (Å²) in [6.07, 6.45) is -0.0234. The Morgan fingerprint density at radius 3 is 2.17 bits per heavy atom. The third kappa shape index (κ3) is 4.55. The molecule has 0 saturated carbocycles. The maximum absolute atomic E-state index is 13.6. The average molecular weight is 349 g/mol. The van der Waals surface area contributed by atoms with Crippen LogP contribution in [0.5, 0.6) is 0 Å². The van der Waals surface area contributed by atoms with Crippen molar-refractivity contribution in [3.8, 4) is 0 Å². The zero-order valence-electron chi connectivity index (χ0n) is 13.2. The van der Waals surface area contributed by atoms with Gasteiger partial charge in [-0.1, -0.05) is 17.7 Å². The number of halogens is 3. The summed E-state index contributed by atoms with van der Waals surface area (Å²) in [5, 5.41) is 8.28. The molecule has 0 atom stereocenters. The van der Waals surface area contributed by atoms with E-state index in [0.29, 0.717) is 16.3 Å². The molecule has 0 fully saturated rings. The van der Waals surface area contributed by atoms with Crippen LogP contribution in [0.15, 0.2) is 52.7 Å². The Morgan fingerprint density at radius 2 is 1.58 bits per heavy atom. The van der Waals surface area contributed by atoms with E-state index in [0.717, 1.165) is 0 Å². The van der Waals surface area contributed by atoms with E-state index in [4.69, 9.17) is 11.6 Å². The molecule has 0 N–H and O–H groups in total. The van der Waals surface area contributed by atoms with Gasteiger partial charge >= 0.3 is 0 Å². The number of hydrogen-bond acceptors (Lipinski definition) is 3. The van der Waals surface area contributed by atoms with Crippen LogP contribution in [0.1, 0.15) is 29.8 Å². The molecule has 0 aliphatic rings. The number of nitrogens with zero attached hydrogens (tertiary/aromatic N) is 2. The van der Waals surface area contributed by atoms with E-state index in [9.17, 15) is 13.6 Å². The number of rotatable bonds is 5. The normalized spacial score (nSPS) is 12.4. The van der Waals surface area contributed by atoms with Gasteiger partial charge in [0.2, 0.25) is 5.78 Å². The predicted octanol–water partition coefficient (Wildman–Crippen LogP) is 4.88. The van der Waals surface area contributed by atoms with Gasteiger partial charge in [-0.05, 0) is 50.2 Å². The molecule has 0 radical (unpaired) electrons. The number of hydrogen-bond donors (Lipinski definition) is 0. The van der Waals surface area contributed by atoms with E-state index in [1.54, 1.807) is 31.2 Å². The van der Waals surface area contributed by atoms with E-state index in [1.807, 2.05) is 0 Å². The largest absolute Gasteiger partial charge is 0.287 e. The second-order valence-electron chi connectivity index (χ2n) is 5.23. The second-order valence-corrected chi connectivity index (χ2v) is 5.67. The molecule has 2 aromatic rings. The Morgan fingerprint density at radius 1 is 1.00 bits per heavy atom. The lowest BCUT2D eigenvalue weighted by Crippen LogP contribution is -2.10. The minimum Gasteiger partial charge on any atom is -0.287 e. The fraction of sp³-hybridized carbons (Fsp3) is 0.167. The summed E-state index contributed by atoms with van der Waals surface area (Å²) < 4.78 is 27.2. The lowest BCUT2D eigenvalue weighted by atomic mass is 10.1. The highest BCUT2D eigenvalue weighted by atomic mass is 35.5. The first-order chi connectivity index (χ1) is 11.4. The van der Waals surface area contributed by atoms with Gasteiger partial charge in [0.05, 0.1) is 0 Å². The van der Waals surface area contributed by atoms with Crippen LogP contribution in [-0.4, -0.2) is 17.2 Å². The lowest BCUT2D eigenvalue weighted by molar-refractivity contribution is 0.106. The van der Waals surface area contributed by atoms with E-state index < -0.39 is 11.6 Å². The van der Waals surface area contributed by atoms with Crippen molar-refractivity contribution >= 4 is 28.8 Å². The zero-order valence-corrected chi connectivity index (χ0v) is 13.9. The quantitative estimate of drug-likeness (QED) is 0.431. The van der Waals surface area contributed by atoms with Gasteiger partial charge in [-0.3, -0.25) is 4.79 Å². The van der Waals surface area contributed by atoms with Crippen LogP contribution < -0.4 is 0 Å². The molecular formula is C18H15ClF2N2O. The van der Waals surface area contributed by atoms with Gasteiger partial charge in [0, 0.05) is 28.3 Å². The fourth-order valence-electron chi connectivity index (χ4n) is 2.01. The first-order valence-electron chi connectivity index (χ1n) is 7.19. The summed E-state index contributed by atoms with van der Waals surface area (Å²) >= 11 is 5.78. The molecule has 24 heavy (non-hydrogen) atoms. The highest BCUT2D eigenvalue weighted by Crippen LogP contribution is 2.14. The van der Waals surface area contributed by atoms with E-state index in [2.05, 4.69) is 10.2 Å². The molecule has 0 unspecified atom stereocenters. The monoisotopic (exact) mass is 348 g/mol. The third-order valence-corrected chi connectivity index (χ3v) is 3.55. The molecule has 0 aliphatic heterocycles. The van der Waals surface area contributed by atoms with Gasteiger partial charge in [0.15, 0.2) is 0 Å². The molecule has 0 aliphatic carbocycles. The predicted molar refractivity (Wildman–Crippen MR) is 92.1 cm³/mol. The van der Waals surface area contributed by atoms with E-state index in [1.165, 1.54) is 25.1 Å². The summed E-state index contributed by atoms with van der Waals surface area (Å²) in [7, 11) is 0. The highest BCUT2D eigenvalue weighted by Gasteiger charge is 2.11. The van der Waals surface area contributed by atoms with Crippen LogP contribution in [0, 0.1) is 11.6 Å². The molecule has 0 spiro atoms. The van der Waals surface area contributed by atoms with Crippen LogP contribution in [0.4, 0.5) is 8.78 Å². The standard InChI is InChI=1S/C18H15ClF2N2O/c1-11(10-15-16(20)4-3-5-17(15)21)22-23-12(2)18(24)13-6-8-14(19)9-7-13/h3-9H,10H2,1-2H3/b22-11-,23-12-. The van der Waals surface area contributed by atoms with Gasteiger partial charge in [0.1, 0.15) is 17.3 Å². The summed E-state index contributed by atoms with van der Waals surface area (Å²) in [4.78, 5) is 12.2. The third-order valence-electron chi connectivity index (χ3n) is 3.30. The van der Waals surface area contributed by atoms with Crippen molar-refractivity contribution in [1.82, 2.24) is 0 Å². The molecular weight excluding hydrogens is 334 g/mol. The van der Waals surface area contributed by atoms with Crippen molar-refractivity contribution in [3.05, 3.63) is 70.2 Å². The molecule has 2 rings (SSSR count). The van der Waals surface area contributed by atoms with Gasteiger partial charge < -0.3 is 0 Å². The van der Waals surface area contributed by atoms with Crippen molar-refractivity contribution in [2.75, 3.05) is 0 Å². The molecule has 0 aromatic heterocycles. The number of carbonyl (C=O) groups excluding carboxylic acids is 1. The van der Waals surface area contributed by atoms with Gasteiger partial charge in [-0.2, -0.15) is 10.2 Å². The van der Waals surface area contributed by atoms with Crippen LogP contribution >= 0.6 is 11.6 Å². The van der Waals surface area contributed by atoms with Crippen LogP contribution in [0.25, 0.3) is 0 Å². The first kappa shape index (κ1) is 17.9. The van der Waals surface area contributed by atoms with Gasteiger partial charge in [-0.15, -0.1) is 0 Å². The molecule has 124 valence electrons. The number of carbonyl (C=O) groups is 1. The lowest BCUT2D eigenvalue weighted by Gasteiger charge is -2.04. The van der Waals surface area contributed by atoms with Crippen molar-refractivity contribution in [1.29, 1.82) is 0 Å². The summed E-state index contributed by atoms with van der Waals surface area (Å²) in [6, 6.07) is 10.1. The Kier molecular flexibility index (Phi) is 5.93. The fourth-order valence-corrected chi connectivity index (χ4v) is 2.13. The topological polar surface area (TPSA) is 41.8 Å². The van der Waals surface area contributed by atoms with E-state index in [-0.39, 0.29) is 23.5 Å². The number of benzene rings is 2. The molecule has 0 heterocycles. The molecule has 6 heteroatoms. The summed E-state index contributed by atoms with van der Waals surface area (Å²) in [6.45, 7) is 3.12. The number of Topliss-reactive ketones (excluding diaryl/α,β-unsaturated/α-hetero) is 1. The van der Waals surface area contributed by atoms with Gasteiger partial charge in [-0.25, -0.2) is 8.78 Å². The zero-order chi connectivity index (χ0) is 17.7. The smallest absolute Gasteiger partial charge is 0.208 e. The van der Waals surface area contributed by atoms with Crippen LogP contribution in [0.3, 0.4) is 0 Å². The average Bonchev–Trinajstić information content (AvgIpc) is 2.56. The Labute approximate surface area is 143 Å². The van der Waals surface area contributed by atoms with Crippen LogP contribution in [0.2, 0.25) is 5.02 Å². The maximum atomic E-state index is 13.6. The SMILES string of the molecule is C/C(Cc1c(F)cccc1F)=N/N=C(/C)C(=O)c1ccc(Cl)cc1. The van der Waals surface area contributed by atoms with E-state index >= 15 is 0 Å². The molecule has 0 amide bonds. The molecule has 2 aromatic carbocycles. The molecule has 0 bridgehead atoms. The van der Waals surface area contributed by atoms with Gasteiger partial charge in [0.25, 0.3) is 0 Å². The highest BCUT2D eigenvalue weighted by molar-refractivity contribution is 6.45.